The van der Waals surface area contributed by atoms with Crippen LogP contribution in [0.25, 0.3) is 0 Å². The van der Waals surface area contributed by atoms with Gasteiger partial charge in [-0.1, -0.05) is 0 Å². The number of allylic oxidation sites excluding steroid dienone is 1. The van der Waals surface area contributed by atoms with Crippen LogP contribution in [0.5, 0.6) is 0 Å². The Morgan fingerprint density at radius 1 is 1.44 bits per heavy atom. The van der Waals surface area contributed by atoms with Gasteiger partial charge in [-0.25, -0.2) is 27.1 Å². The predicted molar refractivity (Wildman–Crippen MR) is 56.0 cm³/mol. The van der Waals surface area contributed by atoms with E-state index in [1.54, 1.807) is 0 Å². The zero-order valence-corrected chi connectivity index (χ0v) is 10.3. The minimum atomic E-state index is -3.63. The van der Waals surface area contributed by atoms with Crippen molar-refractivity contribution < 1.29 is 26.2 Å². The molecular weight excluding hydrogens is 299 g/mol. The highest BCUT2D eigenvalue weighted by atomic mass is 32.2. The monoisotopic (exact) mass is 306 g/mol. The van der Waals surface area contributed by atoms with Gasteiger partial charge in [-0.2, -0.15) is 8.78 Å². The van der Waals surface area contributed by atoms with Gasteiger partial charge in [0.1, 0.15) is 9.73 Å². The number of thiazole rings is 1. The van der Waals surface area contributed by atoms with Gasteiger partial charge in [-0.15, -0.1) is 11.3 Å². The minimum absolute atomic E-state index is 0.358. The Hall–Kier alpha value is -1.03. The van der Waals surface area contributed by atoms with Crippen molar-refractivity contribution in [2.75, 3.05) is 5.75 Å². The number of hydrogen-bond donors (Lipinski definition) is 1. The van der Waals surface area contributed by atoms with Gasteiger partial charge in [0, 0.05) is 18.4 Å². The molecule has 0 aromatic carbocycles. The average Bonchev–Trinajstić information content (AvgIpc) is 2.75. The maximum atomic E-state index is 12.5. The summed E-state index contributed by atoms with van der Waals surface area (Å²) in [5.41, 5.74) is 0. The van der Waals surface area contributed by atoms with Gasteiger partial charge in [0.05, 0.1) is 4.88 Å². The van der Waals surface area contributed by atoms with Crippen molar-refractivity contribution in [3.63, 3.8) is 0 Å². The summed E-state index contributed by atoms with van der Waals surface area (Å²) in [6.07, 6.45) is -5.49. The van der Waals surface area contributed by atoms with Crippen molar-refractivity contribution in [3.05, 3.63) is 23.0 Å². The van der Waals surface area contributed by atoms with Crippen LogP contribution < -0.4 is 0 Å². The smallest absolute Gasteiger partial charge is 0.247 e. The van der Waals surface area contributed by atoms with Gasteiger partial charge in [0.15, 0.2) is 10.2 Å². The summed E-state index contributed by atoms with van der Waals surface area (Å²) in [4.78, 5) is 2.91. The van der Waals surface area contributed by atoms with Crippen LogP contribution in [0.15, 0.2) is 22.4 Å². The first-order valence-electron chi connectivity index (χ1n) is 4.44. The number of alkyl halides is 2. The molecule has 0 saturated carbocycles. The molecule has 1 unspecified atom stereocenters. The van der Waals surface area contributed by atoms with Gasteiger partial charge >= 0.3 is 6.08 Å². The lowest BCUT2D eigenvalue weighted by Gasteiger charge is -2.01. The fraction of sp³-hybridized carbons (Fsp3) is 0.375. The largest absolute Gasteiger partial charge is 0.301 e. The van der Waals surface area contributed by atoms with E-state index in [-0.39, 0.29) is 0 Å². The first-order chi connectivity index (χ1) is 8.24. The first kappa shape index (κ1) is 15.0. The SMILES string of the molecule is N=S(=O)(CCC(F)=C(F)F)c1ncc(C(F)F)s1. The average molecular weight is 306 g/mol. The molecule has 1 heterocycles. The van der Waals surface area contributed by atoms with Crippen LogP contribution in [-0.4, -0.2) is 14.9 Å². The summed E-state index contributed by atoms with van der Waals surface area (Å²) in [5.74, 6) is -2.49. The lowest BCUT2D eigenvalue weighted by molar-refractivity contribution is 0.155. The molecule has 102 valence electrons. The summed E-state index contributed by atoms with van der Waals surface area (Å²) < 4.78 is 79.1. The highest BCUT2D eigenvalue weighted by molar-refractivity contribution is 7.94. The molecule has 0 spiro atoms. The topological polar surface area (TPSA) is 53.8 Å². The van der Waals surface area contributed by atoms with Crippen molar-refractivity contribution >= 4 is 21.1 Å². The summed E-state index contributed by atoms with van der Waals surface area (Å²) in [6.45, 7) is 0. The van der Waals surface area contributed by atoms with Crippen molar-refractivity contribution in [3.8, 4) is 0 Å². The molecule has 1 N–H and O–H groups in total. The molecular formula is C8H7F5N2OS2. The first-order valence-corrected chi connectivity index (χ1v) is 6.98. The van der Waals surface area contributed by atoms with Crippen LogP contribution in [0.3, 0.4) is 0 Å². The number of rotatable bonds is 5. The van der Waals surface area contributed by atoms with E-state index in [0.717, 1.165) is 6.20 Å². The van der Waals surface area contributed by atoms with Crippen LogP contribution in [0, 0.1) is 4.78 Å². The van der Waals surface area contributed by atoms with E-state index >= 15 is 0 Å². The summed E-state index contributed by atoms with van der Waals surface area (Å²) in [6, 6.07) is 0. The molecule has 0 fully saturated rings. The molecule has 0 aliphatic carbocycles. The van der Waals surface area contributed by atoms with E-state index in [4.69, 9.17) is 4.78 Å². The summed E-state index contributed by atoms with van der Waals surface area (Å²) in [5, 5.41) is 0. The fourth-order valence-corrected chi connectivity index (χ4v) is 3.38. The summed E-state index contributed by atoms with van der Waals surface area (Å²) in [7, 11) is -3.63. The highest BCUT2D eigenvalue weighted by Crippen LogP contribution is 2.29. The second-order valence-corrected chi connectivity index (χ2v) is 6.59. The zero-order chi connectivity index (χ0) is 13.9. The van der Waals surface area contributed by atoms with E-state index in [2.05, 4.69) is 4.98 Å². The maximum Gasteiger partial charge on any atom is 0.301 e. The number of hydrogen-bond acceptors (Lipinski definition) is 4. The van der Waals surface area contributed by atoms with Crippen molar-refractivity contribution in [1.29, 1.82) is 4.78 Å². The zero-order valence-electron chi connectivity index (χ0n) is 8.63. The fourth-order valence-electron chi connectivity index (χ4n) is 0.938. The molecule has 18 heavy (non-hydrogen) atoms. The standard InChI is InChI=1S/C8H7F5N2OS2/c9-4(6(10)11)1-2-18(14,16)8-15-3-5(17-8)7(12)13/h3,7,14H,1-2H2. The van der Waals surface area contributed by atoms with Crippen molar-refractivity contribution in [2.24, 2.45) is 0 Å². The van der Waals surface area contributed by atoms with Gasteiger partial charge in [-0.3, -0.25) is 0 Å². The van der Waals surface area contributed by atoms with E-state index in [1.807, 2.05) is 0 Å². The summed E-state index contributed by atoms with van der Waals surface area (Å²) >= 11 is 0.358. The molecule has 0 saturated heterocycles. The maximum absolute atomic E-state index is 12.5. The van der Waals surface area contributed by atoms with E-state index < -0.39 is 49.5 Å². The molecule has 1 aromatic heterocycles. The molecule has 0 amide bonds. The Morgan fingerprint density at radius 3 is 2.50 bits per heavy atom. The molecule has 0 bridgehead atoms. The van der Waals surface area contributed by atoms with Gasteiger partial charge in [0.25, 0.3) is 6.43 Å². The van der Waals surface area contributed by atoms with Crippen LogP contribution >= 0.6 is 11.3 Å². The van der Waals surface area contributed by atoms with Crippen LogP contribution in [0.2, 0.25) is 0 Å². The third-order valence-corrected chi connectivity index (χ3v) is 5.12. The number of aromatic nitrogens is 1. The van der Waals surface area contributed by atoms with E-state index in [1.165, 1.54) is 0 Å². The lowest BCUT2D eigenvalue weighted by Crippen LogP contribution is -2.04. The highest BCUT2D eigenvalue weighted by Gasteiger charge is 2.20. The molecule has 1 aromatic rings. The Kier molecular flexibility index (Phi) is 4.79. The molecule has 10 heteroatoms. The quantitative estimate of drug-likeness (QED) is 0.837. The minimum Gasteiger partial charge on any atom is -0.247 e. The predicted octanol–water partition coefficient (Wildman–Crippen LogP) is 3.95. The van der Waals surface area contributed by atoms with Gasteiger partial charge < -0.3 is 0 Å². The van der Waals surface area contributed by atoms with E-state index in [9.17, 15) is 26.2 Å². The Labute approximate surface area is 103 Å². The molecule has 0 radical (unpaired) electrons. The van der Waals surface area contributed by atoms with Crippen LogP contribution in [0.4, 0.5) is 22.0 Å². The Morgan fingerprint density at radius 2 is 2.06 bits per heavy atom. The number of halogens is 5. The second-order valence-electron chi connectivity index (χ2n) is 3.12. The van der Waals surface area contributed by atoms with Crippen molar-refractivity contribution in [1.82, 2.24) is 4.98 Å². The lowest BCUT2D eigenvalue weighted by atomic mass is 10.4. The Bertz CT molecular complexity index is 548. The molecule has 0 aliphatic heterocycles. The Balaban J connectivity index is 2.84. The number of nitrogens with one attached hydrogen (secondary N) is 1. The normalized spacial score (nSPS) is 14.6. The molecule has 0 aliphatic rings. The van der Waals surface area contributed by atoms with Crippen LogP contribution in [0.1, 0.15) is 17.7 Å². The molecule has 1 rings (SSSR count). The van der Waals surface area contributed by atoms with Crippen molar-refractivity contribution in [2.45, 2.75) is 17.2 Å². The van der Waals surface area contributed by atoms with E-state index in [0.29, 0.717) is 11.3 Å². The second kappa shape index (κ2) is 5.74. The third-order valence-electron chi connectivity index (χ3n) is 1.81. The molecule has 1 atom stereocenters. The van der Waals surface area contributed by atoms with Gasteiger partial charge in [-0.05, 0) is 0 Å². The van der Waals surface area contributed by atoms with Crippen LogP contribution in [-0.2, 0) is 9.73 Å². The molecule has 3 nitrogen and oxygen atoms in total. The number of nitrogens with zero attached hydrogens (tertiary/aromatic N) is 1. The third kappa shape index (κ3) is 3.73. The van der Waals surface area contributed by atoms with Gasteiger partial charge in [0.2, 0.25) is 0 Å².